The highest BCUT2D eigenvalue weighted by Gasteiger charge is 2.31. The summed E-state index contributed by atoms with van der Waals surface area (Å²) in [6.45, 7) is 2.50. The monoisotopic (exact) mass is 155 g/mol. The van der Waals surface area contributed by atoms with E-state index in [-0.39, 0.29) is 0 Å². The topological polar surface area (TPSA) is 41.3 Å². The molecule has 0 spiro atoms. The summed E-state index contributed by atoms with van der Waals surface area (Å²) in [6, 6.07) is 1.51. The third-order valence-electron chi connectivity index (χ3n) is 2.83. The Morgan fingerprint density at radius 1 is 1.09 bits per heavy atom. The lowest BCUT2D eigenvalue weighted by Crippen LogP contribution is -2.45. The zero-order valence-corrected chi connectivity index (χ0v) is 6.92. The number of nitrogens with one attached hydrogen (secondary N) is 1. The highest BCUT2D eigenvalue weighted by atomic mass is 15.3. The summed E-state index contributed by atoms with van der Waals surface area (Å²) in [5, 5.41) is 0. The van der Waals surface area contributed by atoms with Crippen molar-refractivity contribution in [3.63, 3.8) is 0 Å². The van der Waals surface area contributed by atoms with E-state index in [0.717, 1.165) is 6.04 Å². The van der Waals surface area contributed by atoms with Crippen LogP contribution in [-0.2, 0) is 0 Å². The Morgan fingerprint density at radius 2 is 1.73 bits per heavy atom. The van der Waals surface area contributed by atoms with Crippen LogP contribution in [0.1, 0.15) is 25.7 Å². The molecule has 3 N–H and O–H groups in total. The van der Waals surface area contributed by atoms with Gasteiger partial charge in [-0.3, -0.25) is 11.3 Å². The Hall–Kier alpha value is -0.120. The molecule has 1 saturated heterocycles. The number of likely N-dealkylation sites (tertiary alicyclic amines) is 1. The molecule has 0 atom stereocenters. The van der Waals surface area contributed by atoms with Crippen molar-refractivity contribution in [2.45, 2.75) is 37.8 Å². The summed E-state index contributed by atoms with van der Waals surface area (Å²) in [5.74, 6) is 5.37. The summed E-state index contributed by atoms with van der Waals surface area (Å²) in [7, 11) is 0. The van der Waals surface area contributed by atoms with Gasteiger partial charge in [-0.05, 0) is 38.8 Å². The van der Waals surface area contributed by atoms with Crippen molar-refractivity contribution in [3.05, 3.63) is 0 Å². The first kappa shape index (κ1) is 7.53. The van der Waals surface area contributed by atoms with Crippen molar-refractivity contribution >= 4 is 0 Å². The molecule has 0 aromatic heterocycles. The van der Waals surface area contributed by atoms with Gasteiger partial charge in [0.1, 0.15) is 0 Å². The fourth-order valence-electron chi connectivity index (χ4n) is 1.87. The molecule has 64 valence electrons. The molecule has 1 aliphatic carbocycles. The molecule has 3 nitrogen and oxygen atoms in total. The van der Waals surface area contributed by atoms with Crippen molar-refractivity contribution < 1.29 is 0 Å². The highest BCUT2D eigenvalue weighted by Crippen LogP contribution is 2.28. The summed E-state index contributed by atoms with van der Waals surface area (Å²) in [5.41, 5.74) is 2.86. The Kier molecular flexibility index (Phi) is 2.11. The molecular formula is C8H17N3. The zero-order valence-electron chi connectivity index (χ0n) is 6.92. The van der Waals surface area contributed by atoms with Crippen molar-refractivity contribution in [2.24, 2.45) is 5.84 Å². The molecule has 1 saturated carbocycles. The summed E-state index contributed by atoms with van der Waals surface area (Å²) in [4.78, 5) is 2.60. The summed E-state index contributed by atoms with van der Waals surface area (Å²) < 4.78 is 0. The third-order valence-corrected chi connectivity index (χ3v) is 2.83. The van der Waals surface area contributed by atoms with Gasteiger partial charge in [0.25, 0.3) is 0 Å². The lowest BCUT2D eigenvalue weighted by molar-refractivity contribution is 0.190. The SMILES string of the molecule is NNC1CCN(C2CC2)CC1. The van der Waals surface area contributed by atoms with Crippen LogP contribution in [0.15, 0.2) is 0 Å². The van der Waals surface area contributed by atoms with Gasteiger partial charge in [0.05, 0.1) is 0 Å². The Bertz CT molecular complexity index is 125. The normalized spacial score (nSPS) is 29.2. The lowest BCUT2D eigenvalue weighted by atomic mass is 10.1. The van der Waals surface area contributed by atoms with E-state index in [1.54, 1.807) is 0 Å². The van der Waals surface area contributed by atoms with Crippen LogP contribution < -0.4 is 11.3 Å². The van der Waals surface area contributed by atoms with E-state index in [1.165, 1.54) is 38.8 Å². The van der Waals surface area contributed by atoms with Crippen molar-refractivity contribution in [1.82, 2.24) is 10.3 Å². The number of hydrogen-bond donors (Lipinski definition) is 2. The largest absolute Gasteiger partial charge is 0.300 e. The highest BCUT2D eigenvalue weighted by molar-refractivity contribution is 4.88. The molecular weight excluding hydrogens is 138 g/mol. The second-order valence-electron chi connectivity index (χ2n) is 3.71. The van der Waals surface area contributed by atoms with Crippen LogP contribution in [0.3, 0.4) is 0 Å². The fourth-order valence-corrected chi connectivity index (χ4v) is 1.87. The number of nitrogens with zero attached hydrogens (tertiary/aromatic N) is 1. The van der Waals surface area contributed by atoms with Gasteiger partial charge >= 0.3 is 0 Å². The summed E-state index contributed by atoms with van der Waals surface area (Å²) >= 11 is 0. The number of piperidine rings is 1. The molecule has 2 rings (SSSR count). The molecule has 0 amide bonds. The van der Waals surface area contributed by atoms with E-state index in [0.29, 0.717) is 6.04 Å². The van der Waals surface area contributed by atoms with Crippen LogP contribution in [0, 0.1) is 0 Å². The van der Waals surface area contributed by atoms with E-state index >= 15 is 0 Å². The van der Waals surface area contributed by atoms with Crippen LogP contribution >= 0.6 is 0 Å². The molecule has 2 aliphatic rings. The Morgan fingerprint density at radius 3 is 2.18 bits per heavy atom. The first-order valence-corrected chi connectivity index (χ1v) is 4.60. The molecule has 2 fully saturated rings. The number of nitrogens with two attached hydrogens (primary N) is 1. The second-order valence-corrected chi connectivity index (χ2v) is 3.71. The molecule has 0 aromatic rings. The second kappa shape index (κ2) is 3.09. The molecule has 1 heterocycles. The van der Waals surface area contributed by atoms with Crippen LogP contribution in [-0.4, -0.2) is 30.1 Å². The van der Waals surface area contributed by atoms with Gasteiger partial charge < -0.3 is 4.90 Å². The maximum atomic E-state index is 5.37. The van der Waals surface area contributed by atoms with Crippen LogP contribution in [0.5, 0.6) is 0 Å². The van der Waals surface area contributed by atoms with Crippen molar-refractivity contribution in [2.75, 3.05) is 13.1 Å². The third kappa shape index (κ3) is 1.72. The van der Waals surface area contributed by atoms with Gasteiger partial charge in [0.15, 0.2) is 0 Å². The minimum atomic E-state index is 0.574. The van der Waals surface area contributed by atoms with Gasteiger partial charge in [-0.1, -0.05) is 0 Å². The molecule has 3 heteroatoms. The van der Waals surface area contributed by atoms with Crippen molar-refractivity contribution in [1.29, 1.82) is 0 Å². The Labute approximate surface area is 67.9 Å². The Balaban J connectivity index is 1.75. The van der Waals surface area contributed by atoms with Gasteiger partial charge in [0, 0.05) is 12.1 Å². The van der Waals surface area contributed by atoms with E-state index in [9.17, 15) is 0 Å². The number of hydrogen-bond acceptors (Lipinski definition) is 3. The molecule has 0 radical (unpaired) electrons. The van der Waals surface area contributed by atoms with E-state index in [4.69, 9.17) is 5.84 Å². The molecule has 1 aliphatic heterocycles. The molecule has 0 aromatic carbocycles. The van der Waals surface area contributed by atoms with E-state index < -0.39 is 0 Å². The average molecular weight is 155 g/mol. The predicted molar refractivity (Wildman–Crippen MR) is 44.9 cm³/mol. The first-order valence-electron chi connectivity index (χ1n) is 4.60. The number of rotatable bonds is 2. The predicted octanol–water partition coefficient (Wildman–Crippen LogP) is 0.0765. The van der Waals surface area contributed by atoms with E-state index in [2.05, 4.69) is 10.3 Å². The standard InChI is InChI=1S/C8H17N3/c9-10-7-3-5-11(6-4-7)8-1-2-8/h7-8,10H,1-6,9H2. The minimum Gasteiger partial charge on any atom is -0.300 e. The molecule has 0 unspecified atom stereocenters. The molecule has 11 heavy (non-hydrogen) atoms. The molecule has 0 bridgehead atoms. The van der Waals surface area contributed by atoms with Gasteiger partial charge in [0.2, 0.25) is 0 Å². The van der Waals surface area contributed by atoms with Gasteiger partial charge in [-0.25, -0.2) is 0 Å². The van der Waals surface area contributed by atoms with Crippen LogP contribution in [0.2, 0.25) is 0 Å². The maximum absolute atomic E-state index is 5.37. The fraction of sp³-hybridized carbons (Fsp3) is 1.00. The van der Waals surface area contributed by atoms with Crippen molar-refractivity contribution in [3.8, 4) is 0 Å². The van der Waals surface area contributed by atoms with Gasteiger partial charge in [-0.2, -0.15) is 0 Å². The smallest absolute Gasteiger partial charge is 0.0234 e. The van der Waals surface area contributed by atoms with Crippen LogP contribution in [0.4, 0.5) is 0 Å². The zero-order chi connectivity index (χ0) is 7.68. The van der Waals surface area contributed by atoms with E-state index in [1.807, 2.05) is 0 Å². The maximum Gasteiger partial charge on any atom is 0.0234 e. The van der Waals surface area contributed by atoms with Crippen LogP contribution in [0.25, 0.3) is 0 Å². The van der Waals surface area contributed by atoms with Gasteiger partial charge in [-0.15, -0.1) is 0 Å². The number of hydrazine groups is 1. The average Bonchev–Trinajstić information content (AvgIpc) is 2.87. The first-order chi connectivity index (χ1) is 5.40. The summed E-state index contributed by atoms with van der Waals surface area (Å²) in [6.07, 6.45) is 5.32. The lowest BCUT2D eigenvalue weighted by Gasteiger charge is -2.31. The minimum absolute atomic E-state index is 0.574. The quantitative estimate of drug-likeness (QED) is 0.438.